The van der Waals surface area contributed by atoms with E-state index >= 15 is 0 Å². The Hall–Kier alpha value is -2.61. The van der Waals surface area contributed by atoms with Gasteiger partial charge in [0.2, 0.25) is 0 Å². The van der Waals surface area contributed by atoms with Gasteiger partial charge in [0.15, 0.2) is 0 Å². The molecule has 0 bridgehead atoms. The Balaban J connectivity index is 2.30. The van der Waals surface area contributed by atoms with Crippen molar-refractivity contribution in [2.45, 2.75) is 0 Å². The van der Waals surface area contributed by atoms with Gasteiger partial charge in [-0.3, -0.25) is 9.89 Å². The lowest BCUT2D eigenvalue weighted by Gasteiger charge is -2.03. The summed E-state index contributed by atoms with van der Waals surface area (Å²) >= 11 is 0. The van der Waals surface area contributed by atoms with E-state index in [1.165, 1.54) is 18.3 Å². The fourth-order valence-corrected chi connectivity index (χ4v) is 1.52. The first-order valence-corrected chi connectivity index (χ1v) is 5.23. The highest BCUT2D eigenvalue weighted by atomic mass is 19.1. The average Bonchev–Trinajstić information content (AvgIpc) is 2.86. The van der Waals surface area contributed by atoms with E-state index in [1.807, 2.05) is 0 Å². The molecule has 0 aliphatic heterocycles. The van der Waals surface area contributed by atoms with Crippen molar-refractivity contribution in [1.82, 2.24) is 15.5 Å². The van der Waals surface area contributed by atoms with Gasteiger partial charge >= 0.3 is 0 Å². The first-order chi connectivity index (χ1) is 8.72. The number of amides is 1. The van der Waals surface area contributed by atoms with Crippen molar-refractivity contribution in [2.75, 3.05) is 6.54 Å². The fraction of sp³-hybridized carbons (Fsp3) is 0.0769. The molecule has 0 saturated heterocycles. The predicted molar refractivity (Wildman–Crippen MR) is 65.1 cm³/mol. The minimum absolute atomic E-state index is 0.146. The van der Waals surface area contributed by atoms with Gasteiger partial charge in [0.25, 0.3) is 5.91 Å². The molecule has 0 spiro atoms. The summed E-state index contributed by atoms with van der Waals surface area (Å²) in [6, 6.07) is 5.78. The first-order valence-electron chi connectivity index (χ1n) is 5.23. The Morgan fingerprint density at radius 1 is 1.44 bits per heavy atom. The number of H-pyrrole nitrogens is 1. The van der Waals surface area contributed by atoms with Crippen LogP contribution in [0.25, 0.3) is 11.3 Å². The summed E-state index contributed by atoms with van der Waals surface area (Å²) in [6.07, 6.45) is 6.47. The third-order valence-electron chi connectivity index (χ3n) is 2.37. The average molecular weight is 243 g/mol. The lowest BCUT2D eigenvalue weighted by Crippen LogP contribution is -2.23. The standard InChI is InChI=1S/C13H10FN3O/c1-2-7-15-13(18)11-8-16-17-12(11)9-3-5-10(14)6-4-9/h1,3-6,8H,7H2,(H,15,18)(H,16,17). The van der Waals surface area contributed by atoms with Crippen LogP contribution in [0.4, 0.5) is 4.39 Å². The van der Waals surface area contributed by atoms with Crippen LogP contribution in [0.5, 0.6) is 0 Å². The van der Waals surface area contributed by atoms with Gasteiger partial charge in [-0.2, -0.15) is 5.10 Å². The molecule has 18 heavy (non-hydrogen) atoms. The molecule has 2 aromatic rings. The SMILES string of the molecule is C#CCNC(=O)c1cn[nH]c1-c1ccc(F)cc1. The molecule has 0 atom stereocenters. The summed E-state index contributed by atoms with van der Waals surface area (Å²) in [5, 5.41) is 9.08. The molecule has 5 heteroatoms. The number of rotatable bonds is 3. The molecule has 0 unspecified atom stereocenters. The maximum Gasteiger partial charge on any atom is 0.255 e. The van der Waals surface area contributed by atoms with Crippen LogP contribution in [0, 0.1) is 18.2 Å². The summed E-state index contributed by atoms with van der Waals surface area (Å²) in [4.78, 5) is 11.8. The normalized spacial score (nSPS) is 9.78. The van der Waals surface area contributed by atoms with Crippen LogP contribution in [-0.4, -0.2) is 22.6 Å². The molecule has 0 aliphatic carbocycles. The van der Waals surface area contributed by atoms with Crippen LogP contribution in [0.2, 0.25) is 0 Å². The molecule has 0 saturated carbocycles. The van der Waals surface area contributed by atoms with Crippen molar-refractivity contribution in [1.29, 1.82) is 0 Å². The smallest absolute Gasteiger partial charge is 0.255 e. The zero-order valence-electron chi connectivity index (χ0n) is 9.40. The third kappa shape index (κ3) is 2.38. The number of carbonyl (C=O) groups excluding carboxylic acids is 1. The van der Waals surface area contributed by atoms with Gasteiger partial charge < -0.3 is 5.32 Å². The highest BCUT2D eigenvalue weighted by Crippen LogP contribution is 2.21. The maximum atomic E-state index is 12.8. The molecule has 4 nitrogen and oxygen atoms in total. The summed E-state index contributed by atoms with van der Waals surface area (Å²) in [5.74, 6) is 1.66. The van der Waals surface area contributed by atoms with E-state index in [1.54, 1.807) is 12.1 Å². The van der Waals surface area contributed by atoms with Crippen LogP contribution < -0.4 is 5.32 Å². The van der Waals surface area contributed by atoms with Gasteiger partial charge in [0.05, 0.1) is 24.0 Å². The summed E-state index contributed by atoms with van der Waals surface area (Å²) in [5.41, 5.74) is 1.58. The van der Waals surface area contributed by atoms with E-state index in [-0.39, 0.29) is 18.3 Å². The molecule has 2 N–H and O–H groups in total. The fourth-order valence-electron chi connectivity index (χ4n) is 1.52. The molecular formula is C13H10FN3O. The molecule has 0 radical (unpaired) electrons. The van der Waals surface area contributed by atoms with E-state index in [2.05, 4.69) is 21.4 Å². The molecule has 0 fully saturated rings. The van der Waals surface area contributed by atoms with E-state index in [4.69, 9.17) is 6.42 Å². The Bertz CT molecular complexity index is 595. The minimum Gasteiger partial charge on any atom is -0.341 e. The van der Waals surface area contributed by atoms with Gasteiger partial charge in [0, 0.05) is 5.56 Å². The quantitative estimate of drug-likeness (QED) is 0.804. The van der Waals surface area contributed by atoms with Crippen LogP contribution in [-0.2, 0) is 0 Å². The van der Waals surface area contributed by atoms with Crippen molar-refractivity contribution in [3.63, 3.8) is 0 Å². The maximum absolute atomic E-state index is 12.8. The topological polar surface area (TPSA) is 57.8 Å². The largest absolute Gasteiger partial charge is 0.341 e. The lowest BCUT2D eigenvalue weighted by atomic mass is 10.1. The molecule has 1 amide bonds. The molecular weight excluding hydrogens is 233 g/mol. The van der Waals surface area contributed by atoms with E-state index in [0.717, 1.165) is 0 Å². The molecule has 2 rings (SSSR count). The first kappa shape index (κ1) is 11.9. The number of hydrogen-bond acceptors (Lipinski definition) is 2. The van der Waals surface area contributed by atoms with Gasteiger partial charge in [-0.1, -0.05) is 5.92 Å². The van der Waals surface area contributed by atoms with Gasteiger partial charge in [-0.15, -0.1) is 6.42 Å². The zero-order chi connectivity index (χ0) is 13.0. The lowest BCUT2D eigenvalue weighted by molar-refractivity contribution is 0.0959. The number of benzene rings is 1. The molecule has 1 aromatic carbocycles. The Kier molecular flexibility index (Phi) is 3.39. The summed E-state index contributed by atoms with van der Waals surface area (Å²) < 4.78 is 12.8. The van der Waals surface area contributed by atoms with Crippen molar-refractivity contribution < 1.29 is 9.18 Å². The van der Waals surface area contributed by atoms with Crippen LogP contribution in [0.3, 0.4) is 0 Å². The van der Waals surface area contributed by atoms with Crippen LogP contribution in [0.15, 0.2) is 30.5 Å². The van der Waals surface area contributed by atoms with Gasteiger partial charge in [-0.25, -0.2) is 4.39 Å². The molecule has 1 heterocycles. The second kappa shape index (κ2) is 5.15. The second-order valence-corrected chi connectivity index (χ2v) is 3.55. The molecule has 0 aliphatic rings. The van der Waals surface area contributed by atoms with Crippen molar-refractivity contribution in [3.05, 3.63) is 41.8 Å². The predicted octanol–water partition coefficient (Wildman–Crippen LogP) is 1.58. The molecule has 1 aromatic heterocycles. The van der Waals surface area contributed by atoms with E-state index in [0.29, 0.717) is 16.8 Å². The molecule has 90 valence electrons. The number of terminal acetylenes is 1. The minimum atomic E-state index is -0.336. The number of aromatic amines is 1. The van der Waals surface area contributed by atoms with Crippen molar-refractivity contribution in [3.8, 4) is 23.6 Å². The zero-order valence-corrected chi connectivity index (χ0v) is 9.40. The van der Waals surface area contributed by atoms with E-state index in [9.17, 15) is 9.18 Å². The van der Waals surface area contributed by atoms with Crippen LogP contribution in [0.1, 0.15) is 10.4 Å². The number of nitrogens with one attached hydrogen (secondary N) is 2. The Labute approximate surface area is 103 Å². The summed E-state index contributed by atoms with van der Waals surface area (Å²) in [7, 11) is 0. The number of nitrogens with zero attached hydrogens (tertiary/aromatic N) is 1. The van der Waals surface area contributed by atoms with Crippen molar-refractivity contribution in [2.24, 2.45) is 0 Å². The monoisotopic (exact) mass is 243 g/mol. The van der Waals surface area contributed by atoms with Crippen LogP contribution >= 0.6 is 0 Å². The number of aromatic nitrogens is 2. The van der Waals surface area contributed by atoms with E-state index < -0.39 is 0 Å². The Morgan fingerprint density at radius 2 is 2.17 bits per heavy atom. The Morgan fingerprint density at radius 3 is 2.83 bits per heavy atom. The number of halogens is 1. The van der Waals surface area contributed by atoms with Gasteiger partial charge in [0.1, 0.15) is 5.82 Å². The number of carbonyl (C=O) groups is 1. The highest BCUT2D eigenvalue weighted by molar-refractivity contribution is 5.99. The second-order valence-electron chi connectivity index (χ2n) is 3.55. The highest BCUT2D eigenvalue weighted by Gasteiger charge is 2.14. The van der Waals surface area contributed by atoms with Crippen molar-refractivity contribution >= 4 is 5.91 Å². The third-order valence-corrected chi connectivity index (χ3v) is 2.37. The van der Waals surface area contributed by atoms with Gasteiger partial charge in [-0.05, 0) is 24.3 Å². The summed E-state index contributed by atoms with van der Waals surface area (Å²) in [6.45, 7) is 0.146. The number of hydrogen-bond donors (Lipinski definition) is 2.